The van der Waals surface area contributed by atoms with E-state index in [4.69, 9.17) is 0 Å². The lowest BCUT2D eigenvalue weighted by atomic mass is 10.1. The van der Waals surface area contributed by atoms with Crippen LogP contribution in [0.4, 0.5) is 0 Å². The number of amides is 1. The normalized spacial score (nSPS) is 13.3. The number of hydrogen-bond donors (Lipinski definition) is 2. The molecule has 90 valence electrons. The van der Waals surface area contributed by atoms with Crippen LogP contribution in [0.25, 0.3) is 0 Å². The van der Waals surface area contributed by atoms with Crippen molar-refractivity contribution in [3.8, 4) is 0 Å². The summed E-state index contributed by atoms with van der Waals surface area (Å²) in [6.07, 6.45) is 2.14. The Morgan fingerprint density at radius 3 is 2.07 bits per heavy atom. The van der Waals surface area contributed by atoms with Gasteiger partial charge < -0.3 is 10.6 Å². The van der Waals surface area contributed by atoms with Gasteiger partial charge in [-0.1, -0.05) is 27.7 Å². The summed E-state index contributed by atoms with van der Waals surface area (Å²) in [6, 6.07) is 0.360. The Labute approximate surface area is 94.0 Å². The molecule has 0 radical (unpaired) electrons. The van der Waals surface area contributed by atoms with Crippen molar-refractivity contribution >= 4 is 5.91 Å². The second-order valence-electron chi connectivity index (χ2n) is 4.54. The summed E-state index contributed by atoms with van der Waals surface area (Å²) in [7, 11) is 0. The van der Waals surface area contributed by atoms with Crippen LogP contribution in [-0.2, 0) is 4.79 Å². The minimum atomic E-state index is -0.0892. The maximum atomic E-state index is 11.6. The molecule has 2 N–H and O–H groups in total. The molecule has 1 atom stereocenters. The summed E-state index contributed by atoms with van der Waals surface area (Å²) in [5.74, 6) is 0.616. The van der Waals surface area contributed by atoms with Crippen LogP contribution in [0.2, 0.25) is 0 Å². The molecule has 0 saturated carbocycles. The summed E-state index contributed by atoms with van der Waals surface area (Å²) in [5.41, 5.74) is 0. The molecule has 0 aliphatic rings. The maximum absolute atomic E-state index is 11.6. The van der Waals surface area contributed by atoms with Crippen molar-refractivity contribution in [2.45, 2.75) is 59.5 Å². The fourth-order valence-electron chi connectivity index (χ4n) is 1.41. The van der Waals surface area contributed by atoms with Gasteiger partial charge in [0.1, 0.15) is 0 Å². The number of rotatable bonds is 7. The summed E-state index contributed by atoms with van der Waals surface area (Å²) in [4.78, 5) is 11.6. The molecule has 3 heteroatoms. The van der Waals surface area contributed by atoms with E-state index in [1.807, 2.05) is 6.92 Å². The molecule has 0 aliphatic carbocycles. The Hall–Kier alpha value is -0.570. The van der Waals surface area contributed by atoms with Gasteiger partial charge in [-0.3, -0.25) is 4.79 Å². The molecule has 0 spiro atoms. The van der Waals surface area contributed by atoms with E-state index in [0.29, 0.717) is 12.0 Å². The predicted molar refractivity (Wildman–Crippen MR) is 64.8 cm³/mol. The Balaban J connectivity index is 3.87. The van der Waals surface area contributed by atoms with Crippen LogP contribution in [-0.4, -0.2) is 24.5 Å². The second kappa shape index (κ2) is 7.69. The molecule has 0 rings (SSSR count). The zero-order valence-electron chi connectivity index (χ0n) is 10.8. The van der Waals surface area contributed by atoms with Gasteiger partial charge in [0.25, 0.3) is 0 Å². The molecule has 0 bridgehead atoms. The third-order valence-corrected chi connectivity index (χ3v) is 2.55. The van der Waals surface area contributed by atoms with E-state index < -0.39 is 0 Å². The Morgan fingerprint density at radius 1 is 1.13 bits per heavy atom. The molecule has 0 saturated heterocycles. The minimum absolute atomic E-state index is 0.0892. The molecular weight excluding hydrogens is 188 g/mol. The number of carbonyl (C=O) groups is 1. The van der Waals surface area contributed by atoms with E-state index in [1.165, 1.54) is 0 Å². The molecular formula is C12H26N2O. The Morgan fingerprint density at radius 2 is 1.67 bits per heavy atom. The van der Waals surface area contributed by atoms with Crippen molar-refractivity contribution in [3.63, 3.8) is 0 Å². The number of carbonyl (C=O) groups excluding carboxylic acids is 1. The standard InChI is InChI=1S/C12H26N2O/c1-6-11(7-2)14-10(5)12(15)13-8-9(3)4/h9-11,14H,6-8H2,1-5H3,(H,13,15). The first kappa shape index (κ1) is 14.4. The molecule has 0 fully saturated rings. The molecule has 15 heavy (non-hydrogen) atoms. The van der Waals surface area contributed by atoms with Crippen LogP contribution in [0.1, 0.15) is 47.5 Å². The summed E-state index contributed by atoms with van der Waals surface area (Å²) in [5, 5.41) is 6.26. The van der Waals surface area contributed by atoms with E-state index in [9.17, 15) is 4.79 Å². The van der Waals surface area contributed by atoms with E-state index in [1.54, 1.807) is 0 Å². The molecule has 0 heterocycles. The van der Waals surface area contributed by atoms with Crippen LogP contribution in [0.3, 0.4) is 0 Å². The number of nitrogens with one attached hydrogen (secondary N) is 2. The molecule has 0 aromatic heterocycles. The first-order valence-corrected chi connectivity index (χ1v) is 6.04. The molecule has 1 amide bonds. The fourth-order valence-corrected chi connectivity index (χ4v) is 1.41. The highest BCUT2D eigenvalue weighted by atomic mass is 16.2. The van der Waals surface area contributed by atoms with Gasteiger partial charge in [-0.05, 0) is 25.7 Å². The average Bonchev–Trinajstić information content (AvgIpc) is 2.21. The van der Waals surface area contributed by atoms with Gasteiger partial charge in [-0.2, -0.15) is 0 Å². The second-order valence-corrected chi connectivity index (χ2v) is 4.54. The van der Waals surface area contributed by atoms with Crippen molar-refractivity contribution in [1.82, 2.24) is 10.6 Å². The zero-order chi connectivity index (χ0) is 11.8. The van der Waals surface area contributed by atoms with Crippen molar-refractivity contribution < 1.29 is 4.79 Å². The lowest BCUT2D eigenvalue weighted by Gasteiger charge is -2.20. The first-order chi connectivity index (χ1) is 7.01. The van der Waals surface area contributed by atoms with Gasteiger partial charge >= 0.3 is 0 Å². The van der Waals surface area contributed by atoms with Gasteiger partial charge in [0, 0.05) is 12.6 Å². The summed E-state index contributed by atoms with van der Waals surface area (Å²) < 4.78 is 0. The largest absolute Gasteiger partial charge is 0.354 e. The summed E-state index contributed by atoms with van der Waals surface area (Å²) >= 11 is 0. The third-order valence-electron chi connectivity index (χ3n) is 2.55. The zero-order valence-corrected chi connectivity index (χ0v) is 10.8. The molecule has 0 aromatic rings. The molecule has 0 aliphatic heterocycles. The van der Waals surface area contributed by atoms with E-state index >= 15 is 0 Å². The van der Waals surface area contributed by atoms with Gasteiger partial charge in [-0.15, -0.1) is 0 Å². The van der Waals surface area contributed by atoms with Crippen LogP contribution in [0.15, 0.2) is 0 Å². The van der Waals surface area contributed by atoms with E-state index in [-0.39, 0.29) is 11.9 Å². The van der Waals surface area contributed by atoms with Gasteiger partial charge in [0.15, 0.2) is 0 Å². The SMILES string of the molecule is CCC(CC)NC(C)C(=O)NCC(C)C. The van der Waals surface area contributed by atoms with Crippen molar-refractivity contribution in [2.75, 3.05) is 6.54 Å². The van der Waals surface area contributed by atoms with Gasteiger partial charge in [-0.25, -0.2) is 0 Å². The molecule has 0 aromatic carbocycles. The van der Waals surface area contributed by atoms with Crippen molar-refractivity contribution in [3.05, 3.63) is 0 Å². The predicted octanol–water partition coefficient (Wildman–Crippen LogP) is 1.93. The van der Waals surface area contributed by atoms with Crippen molar-refractivity contribution in [1.29, 1.82) is 0 Å². The van der Waals surface area contributed by atoms with Crippen LogP contribution in [0, 0.1) is 5.92 Å². The quantitative estimate of drug-likeness (QED) is 0.680. The number of hydrogen-bond acceptors (Lipinski definition) is 2. The highest BCUT2D eigenvalue weighted by molar-refractivity contribution is 5.81. The van der Waals surface area contributed by atoms with E-state index in [2.05, 4.69) is 38.3 Å². The molecule has 3 nitrogen and oxygen atoms in total. The summed E-state index contributed by atoms with van der Waals surface area (Å²) in [6.45, 7) is 11.2. The van der Waals surface area contributed by atoms with Crippen molar-refractivity contribution in [2.24, 2.45) is 5.92 Å². The Kier molecular flexibility index (Phi) is 7.39. The topological polar surface area (TPSA) is 41.1 Å². The fraction of sp³-hybridized carbons (Fsp3) is 0.917. The highest BCUT2D eigenvalue weighted by Crippen LogP contribution is 1.98. The highest BCUT2D eigenvalue weighted by Gasteiger charge is 2.15. The van der Waals surface area contributed by atoms with Crippen LogP contribution in [0.5, 0.6) is 0 Å². The van der Waals surface area contributed by atoms with Crippen LogP contribution >= 0.6 is 0 Å². The monoisotopic (exact) mass is 214 g/mol. The van der Waals surface area contributed by atoms with Gasteiger partial charge in [0.2, 0.25) is 5.91 Å². The maximum Gasteiger partial charge on any atom is 0.236 e. The van der Waals surface area contributed by atoms with Crippen LogP contribution < -0.4 is 10.6 Å². The average molecular weight is 214 g/mol. The first-order valence-electron chi connectivity index (χ1n) is 6.04. The minimum Gasteiger partial charge on any atom is -0.354 e. The van der Waals surface area contributed by atoms with E-state index in [0.717, 1.165) is 19.4 Å². The van der Waals surface area contributed by atoms with Gasteiger partial charge in [0.05, 0.1) is 6.04 Å². The Bertz CT molecular complexity index is 176. The lowest BCUT2D eigenvalue weighted by Crippen LogP contribution is -2.47. The third kappa shape index (κ3) is 6.50. The smallest absolute Gasteiger partial charge is 0.236 e. The molecule has 1 unspecified atom stereocenters. The lowest BCUT2D eigenvalue weighted by molar-refractivity contribution is -0.123.